The van der Waals surface area contributed by atoms with E-state index in [2.05, 4.69) is 5.32 Å². The minimum atomic E-state index is -1.04. The molecule has 0 aliphatic carbocycles. The summed E-state index contributed by atoms with van der Waals surface area (Å²) in [6.07, 6.45) is 2.48. The first-order valence-electron chi connectivity index (χ1n) is 5.15. The molecule has 5 nitrogen and oxygen atoms in total. The summed E-state index contributed by atoms with van der Waals surface area (Å²) in [7, 11) is 0. The Hall–Kier alpha value is -1.52. The Morgan fingerprint density at radius 2 is 2.00 bits per heavy atom. The zero-order chi connectivity index (χ0) is 12.8. The summed E-state index contributed by atoms with van der Waals surface area (Å²) >= 11 is 0. The molecule has 0 spiro atoms. The topological polar surface area (TPSA) is 75.6 Å². The lowest BCUT2D eigenvalue weighted by Crippen LogP contribution is -2.38. The quantitative estimate of drug-likeness (QED) is 0.722. The summed E-state index contributed by atoms with van der Waals surface area (Å²) in [4.78, 5) is 21.7. The molecule has 16 heavy (non-hydrogen) atoms. The molecule has 0 aromatic carbocycles. The van der Waals surface area contributed by atoms with Crippen molar-refractivity contribution in [2.24, 2.45) is 0 Å². The van der Waals surface area contributed by atoms with Gasteiger partial charge in [-0.15, -0.1) is 0 Å². The number of aliphatic carboxylic acids is 1. The maximum atomic E-state index is 11.4. The summed E-state index contributed by atoms with van der Waals surface area (Å²) in [6, 6.07) is -0.328. The Morgan fingerprint density at radius 3 is 2.38 bits per heavy atom. The number of hydrogen-bond donors (Lipinski definition) is 2. The van der Waals surface area contributed by atoms with Crippen molar-refractivity contribution in [2.75, 3.05) is 0 Å². The van der Waals surface area contributed by atoms with Crippen molar-refractivity contribution in [1.82, 2.24) is 5.32 Å². The smallest absolute Gasteiger partial charge is 0.408 e. The molecule has 0 aliphatic rings. The van der Waals surface area contributed by atoms with Gasteiger partial charge < -0.3 is 15.2 Å². The van der Waals surface area contributed by atoms with Crippen molar-refractivity contribution in [3.63, 3.8) is 0 Å². The predicted octanol–water partition coefficient (Wildman–Crippen LogP) is 1.93. The number of carboxylic acid groups (broad SMARTS) is 1. The lowest BCUT2D eigenvalue weighted by atomic mass is 10.2. The van der Waals surface area contributed by atoms with Gasteiger partial charge in [-0.1, -0.05) is 13.0 Å². The first-order chi connectivity index (χ1) is 7.24. The first-order valence-corrected chi connectivity index (χ1v) is 5.15. The summed E-state index contributed by atoms with van der Waals surface area (Å²) in [5.41, 5.74) is -0.557. The van der Waals surface area contributed by atoms with Crippen LogP contribution in [-0.4, -0.2) is 28.8 Å². The van der Waals surface area contributed by atoms with E-state index in [0.717, 1.165) is 6.08 Å². The minimum absolute atomic E-state index is 0.328. The van der Waals surface area contributed by atoms with Gasteiger partial charge in [0.25, 0.3) is 0 Å². The zero-order valence-electron chi connectivity index (χ0n) is 10.1. The fourth-order valence-electron chi connectivity index (χ4n) is 0.944. The van der Waals surface area contributed by atoms with Crippen LogP contribution in [0.25, 0.3) is 0 Å². The fraction of sp³-hybridized carbons (Fsp3) is 0.636. The number of alkyl carbamates (subject to hydrolysis) is 1. The average Bonchev–Trinajstić information content (AvgIpc) is 2.08. The molecule has 1 atom stereocenters. The second-order valence-corrected chi connectivity index (χ2v) is 4.36. The monoisotopic (exact) mass is 229 g/mol. The molecule has 0 aliphatic heterocycles. The molecule has 0 aromatic rings. The molecule has 0 heterocycles. The number of nitrogens with one attached hydrogen (secondary N) is 1. The lowest BCUT2D eigenvalue weighted by Gasteiger charge is -2.21. The van der Waals surface area contributed by atoms with Crippen LogP contribution in [0.4, 0.5) is 4.79 Å². The van der Waals surface area contributed by atoms with E-state index in [-0.39, 0.29) is 6.04 Å². The van der Waals surface area contributed by atoms with Gasteiger partial charge in [-0.3, -0.25) is 0 Å². The van der Waals surface area contributed by atoms with Crippen molar-refractivity contribution in [3.05, 3.63) is 12.2 Å². The van der Waals surface area contributed by atoms with Gasteiger partial charge in [0.15, 0.2) is 0 Å². The Labute approximate surface area is 95.5 Å². The Bertz CT molecular complexity index is 278. The maximum Gasteiger partial charge on any atom is 0.408 e. The summed E-state index contributed by atoms with van der Waals surface area (Å²) < 4.78 is 5.05. The third kappa shape index (κ3) is 7.84. The second kappa shape index (κ2) is 6.15. The van der Waals surface area contributed by atoms with Gasteiger partial charge in [0.05, 0.1) is 6.04 Å². The molecule has 0 saturated carbocycles. The van der Waals surface area contributed by atoms with Gasteiger partial charge in [-0.2, -0.15) is 0 Å². The van der Waals surface area contributed by atoms with Gasteiger partial charge in [0.2, 0.25) is 0 Å². The number of carbonyl (C=O) groups excluding carboxylic acids is 1. The van der Waals surface area contributed by atoms with Gasteiger partial charge in [0.1, 0.15) is 5.60 Å². The van der Waals surface area contributed by atoms with Gasteiger partial charge in [0, 0.05) is 6.08 Å². The molecule has 0 bridgehead atoms. The maximum absolute atomic E-state index is 11.4. The highest BCUT2D eigenvalue weighted by molar-refractivity contribution is 5.80. The third-order valence-electron chi connectivity index (χ3n) is 1.61. The van der Waals surface area contributed by atoms with Crippen molar-refractivity contribution in [1.29, 1.82) is 0 Å². The average molecular weight is 229 g/mol. The molecule has 0 fully saturated rings. The molecule has 2 N–H and O–H groups in total. The number of amides is 1. The second-order valence-electron chi connectivity index (χ2n) is 4.36. The van der Waals surface area contributed by atoms with Crippen LogP contribution in [0.2, 0.25) is 0 Å². The largest absolute Gasteiger partial charge is 0.478 e. The van der Waals surface area contributed by atoms with Crippen LogP contribution >= 0.6 is 0 Å². The van der Waals surface area contributed by atoms with E-state index in [1.165, 1.54) is 6.08 Å². The van der Waals surface area contributed by atoms with Crippen LogP contribution in [0.1, 0.15) is 34.1 Å². The molecule has 0 saturated heterocycles. The van der Waals surface area contributed by atoms with Gasteiger partial charge in [-0.25, -0.2) is 9.59 Å². The molecule has 0 aromatic heterocycles. The van der Waals surface area contributed by atoms with Gasteiger partial charge in [-0.05, 0) is 27.2 Å². The molecule has 5 heteroatoms. The van der Waals surface area contributed by atoms with E-state index in [0.29, 0.717) is 6.42 Å². The van der Waals surface area contributed by atoms with E-state index in [1.54, 1.807) is 20.8 Å². The normalized spacial score (nSPS) is 13.5. The number of rotatable bonds is 4. The summed E-state index contributed by atoms with van der Waals surface area (Å²) in [5, 5.41) is 11.0. The summed E-state index contributed by atoms with van der Waals surface area (Å²) in [5.74, 6) is -1.04. The summed E-state index contributed by atoms with van der Waals surface area (Å²) in [6.45, 7) is 7.14. The van der Waals surface area contributed by atoms with Gasteiger partial charge >= 0.3 is 12.1 Å². The number of ether oxygens (including phenoxy) is 1. The Kier molecular flexibility index (Phi) is 5.56. The number of carboxylic acids is 1. The van der Waals surface area contributed by atoms with Crippen LogP contribution in [0.3, 0.4) is 0 Å². The fourth-order valence-corrected chi connectivity index (χ4v) is 0.944. The van der Waals surface area contributed by atoms with Crippen LogP contribution in [-0.2, 0) is 9.53 Å². The molecular weight excluding hydrogens is 210 g/mol. The zero-order valence-corrected chi connectivity index (χ0v) is 10.1. The SMILES string of the molecule is CC[C@@H](/C=C/C(=O)O)NC(=O)OC(C)(C)C. The van der Waals surface area contributed by atoms with Crippen LogP contribution in [0.5, 0.6) is 0 Å². The number of hydrogen-bond acceptors (Lipinski definition) is 3. The van der Waals surface area contributed by atoms with Crippen molar-refractivity contribution >= 4 is 12.1 Å². The molecule has 1 amide bonds. The minimum Gasteiger partial charge on any atom is -0.478 e. The molecular formula is C11H19NO4. The van der Waals surface area contributed by atoms with E-state index < -0.39 is 17.7 Å². The standard InChI is InChI=1S/C11H19NO4/c1-5-8(6-7-9(13)14)12-10(15)16-11(2,3)4/h6-8H,5H2,1-4H3,(H,12,15)(H,13,14)/b7-6+/t8-/m0/s1. The van der Waals surface area contributed by atoms with Crippen molar-refractivity contribution in [2.45, 2.75) is 45.8 Å². The highest BCUT2D eigenvalue weighted by Crippen LogP contribution is 2.07. The predicted molar refractivity (Wildman–Crippen MR) is 60.2 cm³/mol. The highest BCUT2D eigenvalue weighted by atomic mass is 16.6. The van der Waals surface area contributed by atoms with Crippen LogP contribution in [0, 0.1) is 0 Å². The van der Waals surface area contributed by atoms with E-state index >= 15 is 0 Å². The Balaban J connectivity index is 4.23. The third-order valence-corrected chi connectivity index (χ3v) is 1.61. The Morgan fingerprint density at radius 1 is 1.44 bits per heavy atom. The lowest BCUT2D eigenvalue weighted by molar-refractivity contribution is -0.131. The van der Waals surface area contributed by atoms with E-state index in [9.17, 15) is 9.59 Å². The first kappa shape index (κ1) is 14.5. The molecule has 0 radical (unpaired) electrons. The van der Waals surface area contributed by atoms with E-state index in [4.69, 9.17) is 9.84 Å². The number of carbonyl (C=O) groups is 2. The van der Waals surface area contributed by atoms with Crippen molar-refractivity contribution < 1.29 is 19.4 Å². The van der Waals surface area contributed by atoms with Crippen LogP contribution < -0.4 is 5.32 Å². The van der Waals surface area contributed by atoms with Crippen LogP contribution in [0.15, 0.2) is 12.2 Å². The van der Waals surface area contributed by atoms with E-state index in [1.807, 2.05) is 6.92 Å². The highest BCUT2D eigenvalue weighted by Gasteiger charge is 2.17. The molecule has 0 rings (SSSR count). The molecule has 0 unspecified atom stereocenters. The van der Waals surface area contributed by atoms with Crippen molar-refractivity contribution in [3.8, 4) is 0 Å². The molecule has 92 valence electrons.